The van der Waals surface area contributed by atoms with Crippen molar-refractivity contribution in [1.82, 2.24) is 0 Å². The number of hydrogen-bond donors (Lipinski definition) is 0. The van der Waals surface area contributed by atoms with Gasteiger partial charge in [0.25, 0.3) is 0 Å². The summed E-state index contributed by atoms with van der Waals surface area (Å²) in [5.41, 5.74) is 2.82. The van der Waals surface area contributed by atoms with Gasteiger partial charge in [0.2, 0.25) is 0 Å². The molecule has 2 aromatic rings. The summed E-state index contributed by atoms with van der Waals surface area (Å²) >= 11 is 0. The first-order chi connectivity index (χ1) is 11.2. The zero-order chi connectivity index (χ0) is 16.1. The zero-order valence-electron chi connectivity index (χ0n) is 13.4. The fourth-order valence-electron chi connectivity index (χ4n) is 2.68. The van der Waals surface area contributed by atoms with Crippen molar-refractivity contribution >= 4 is 11.7 Å². The quantitative estimate of drug-likeness (QED) is 0.597. The van der Waals surface area contributed by atoms with Crippen molar-refractivity contribution in [2.75, 3.05) is 6.61 Å². The molecule has 1 aliphatic rings. The van der Waals surface area contributed by atoms with Crippen molar-refractivity contribution in [3.05, 3.63) is 71.8 Å². The molecule has 0 amide bonds. The Hall–Kier alpha value is -2.42. The third-order valence-electron chi connectivity index (χ3n) is 4.05. The molecule has 0 spiro atoms. The molecule has 0 unspecified atom stereocenters. The van der Waals surface area contributed by atoms with Crippen LogP contribution < -0.4 is 0 Å². The van der Waals surface area contributed by atoms with Crippen molar-refractivity contribution in [2.45, 2.75) is 31.7 Å². The normalized spacial score (nSPS) is 14.8. The van der Waals surface area contributed by atoms with Crippen molar-refractivity contribution in [3.8, 4) is 0 Å². The molecule has 3 rings (SSSR count). The maximum absolute atomic E-state index is 11.9. The third-order valence-corrected chi connectivity index (χ3v) is 4.05. The Kier molecular flexibility index (Phi) is 4.56. The molecular weight excluding hydrogens is 286 g/mol. The smallest absolute Gasteiger partial charge is 0.308 e. The number of benzene rings is 2. The number of carbonyl (C=O) groups is 1. The van der Waals surface area contributed by atoms with Gasteiger partial charge in [0.1, 0.15) is 0 Å². The molecule has 0 saturated heterocycles. The molecule has 1 aliphatic carbocycles. The molecular formula is C20H21NO2. The predicted octanol–water partition coefficient (Wildman–Crippen LogP) is 4.01. The van der Waals surface area contributed by atoms with Gasteiger partial charge >= 0.3 is 5.97 Å². The molecule has 3 nitrogen and oxygen atoms in total. The second-order valence-corrected chi connectivity index (χ2v) is 5.90. The Morgan fingerprint density at radius 1 is 1.00 bits per heavy atom. The molecule has 0 atom stereocenters. The van der Waals surface area contributed by atoms with Crippen LogP contribution >= 0.6 is 0 Å². The van der Waals surface area contributed by atoms with Crippen molar-refractivity contribution < 1.29 is 9.53 Å². The highest BCUT2D eigenvalue weighted by Crippen LogP contribution is 2.44. The summed E-state index contributed by atoms with van der Waals surface area (Å²) in [5, 5.41) is 0. The van der Waals surface area contributed by atoms with E-state index in [4.69, 9.17) is 9.73 Å². The Balaban J connectivity index is 1.94. The summed E-state index contributed by atoms with van der Waals surface area (Å²) in [6.45, 7) is 2.25. The summed E-state index contributed by atoms with van der Waals surface area (Å²) in [4.78, 5) is 16.9. The number of nitrogens with zero attached hydrogens (tertiary/aromatic N) is 1. The lowest BCUT2D eigenvalue weighted by Crippen LogP contribution is -2.18. The first kappa shape index (κ1) is 15.5. The standard InChI is InChI=1S/C20H21NO2/c1-2-23-18(22)15-20(13-14-20)21-19(16-9-5-3-6-10-16)17-11-7-4-8-12-17/h3-12H,2,13-15H2,1H3. The highest BCUT2D eigenvalue weighted by molar-refractivity contribution is 6.13. The molecule has 1 saturated carbocycles. The average molecular weight is 307 g/mol. The molecule has 118 valence electrons. The second kappa shape index (κ2) is 6.78. The van der Waals surface area contributed by atoms with Gasteiger partial charge in [-0.25, -0.2) is 0 Å². The van der Waals surface area contributed by atoms with Gasteiger partial charge in [-0.1, -0.05) is 60.7 Å². The van der Waals surface area contributed by atoms with Gasteiger partial charge in [-0.2, -0.15) is 0 Å². The van der Waals surface area contributed by atoms with Crippen LogP contribution in [0.25, 0.3) is 0 Å². The largest absolute Gasteiger partial charge is 0.466 e. The Labute approximate surface area is 137 Å². The summed E-state index contributed by atoms with van der Waals surface area (Å²) in [6, 6.07) is 20.3. The lowest BCUT2D eigenvalue weighted by atomic mass is 10.0. The number of hydrogen-bond acceptors (Lipinski definition) is 3. The minimum absolute atomic E-state index is 0.158. The fourth-order valence-corrected chi connectivity index (χ4v) is 2.68. The van der Waals surface area contributed by atoms with Gasteiger partial charge in [-0.3, -0.25) is 9.79 Å². The molecule has 0 heterocycles. The number of carbonyl (C=O) groups excluding carboxylic acids is 1. The molecule has 0 bridgehead atoms. The number of esters is 1. The van der Waals surface area contributed by atoms with Crippen LogP contribution in [-0.2, 0) is 9.53 Å². The van der Waals surface area contributed by atoms with E-state index in [0.717, 1.165) is 29.7 Å². The maximum atomic E-state index is 11.9. The summed E-state index contributed by atoms with van der Waals surface area (Å²) in [7, 11) is 0. The van der Waals surface area contributed by atoms with Crippen LogP contribution in [0.3, 0.4) is 0 Å². The van der Waals surface area contributed by atoms with E-state index in [1.54, 1.807) is 0 Å². The molecule has 23 heavy (non-hydrogen) atoms. The maximum Gasteiger partial charge on any atom is 0.308 e. The Morgan fingerprint density at radius 2 is 1.52 bits per heavy atom. The monoisotopic (exact) mass is 307 g/mol. The van der Waals surface area contributed by atoms with E-state index in [1.165, 1.54) is 0 Å². The Bertz CT molecular complexity index is 647. The van der Waals surface area contributed by atoms with Crippen LogP contribution in [0.5, 0.6) is 0 Å². The van der Waals surface area contributed by atoms with Crippen LogP contribution in [0, 0.1) is 0 Å². The predicted molar refractivity (Wildman–Crippen MR) is 91.7 cm³/mol. The summed E-state index contributed by atoms with van der Waals surface area (Å²) in [6.07, 6.45) is 2.24. The Morgan fingerprint density at radius 3 is 1.96 bits per heavy atom. The van der Waals surface area contributed by atoms with Crippen molar-refractivity contribution in [1.29, 1.82) is 0 Å². The van der Waals surface area contributed by atoms with Gasteiger partial charge in [0.05, 0.1) is 24.3 Å². The molecule has 2 aromatic carbocycles. The van der Waals surface area contributed by atoms with E-state index in [-0.39, 0.29) is 11.5 Å². The average Bonchev–Trinajstić information content (AvgIpc) is 3.34. The molecule has 0 N–H and O–H groups in total. The van der Waals surface area contributed by atoms with Crippen LogP contribution in [0.2, 0.25) is 0 Å². The zero-order valence-corrected chi connectivity index (χ0v) is 13.4. The van der Waals surface area contributed by atoms with E-state index >= 15 is 0 Å². The molecule has 0 radical (unpaired) electrons. The van der Waals surface area contributed by atoms with Gasteiger partial charge in [-0.05, 0) is 19.8 Å². The molecule has 3 heteroatoms. The van der Waals surface area contributed by atoms with Crippen LogP contribution in [0.1, 0.15) is 37.3 Å². The van der Waals surface area contributed by atoms with E-state index in [2.05, 4.69) is 24.3 Å². The number of rotatable bonds is 6. The first-order valence-corrected chi connectivity index (χ1v) is 8.09. The second-order valence-electron chi connectivity index (χ2n) is 5.90. The molecule has 1 fully saturated rings. The van der Waals surface area contributed by atoms with Crippen LogP contribution in [0.15, 0.2) is 65.7 Å². The van der Waals surface area contributed by atoms with Gasteiger partial charge in [-0.15, -0.1) is 0 Å². The lowest BCUT2D eigenvalue weighted by Gasteiger charge is -2.14. The highest BCUT2D eigenvalue weighted by Gasteiger charge is 2.45. The van der Waals surface area contributed by atoms with Gasteiger partial charge < -0.3 is 4.74 Å². The summed E-state index contributed by atoms with van der Waals surface area (Å²) in [5.74, 6) is -0.158. The first-order valence-electron chi connectivity index (χ1n) is 8.09. The molecule has 0 aliphatic heterocycles. The van der Waals surface area contributed by atoms with Crippen LogP contribution in [0.4, 0.5) is 0 Å². The van der Waals surface area contributed by atoms with Gasteiger partial charge in [0, 0.05) is 11.1 Å². The number of aliphatic imine (C=N–C) groups is 1. The van der Waals surface area contributed by atoms with Crippen molar-refractivity contribution in [3.63, 3.8) is 0 Å². The summed E-state index contributed by atoms with van der Waals surface area (Å²) < 4.78 is 5.10. The topological polar surface area (TPSA) is 38.7 Å². The molecule has 0 aromatic heterocycles. The van der Waals surface area contributed by atoms with Gasteiger partial charge in [0.15, 0.2) is 0 Å². The van der Waals surface area contributed by atoms with E-state index in [1.807, 2.05) is 43.3 Å². The number of ether oxygens (including phenoxy) is 1. The minimum Gasteiger partial charge on any atom is -0.466 e. The van der Waals surface area contributed by atoms with Crippen molar-refractivity contribution in [2.24, 2.45) is 4.99 Å². The van der Waals surface area contributed by atoms with E-state index in [0.29, 0.717) is 13.0 Å². The van der Waals surface area contributed by atoms with E-state index in [9.17, 15) is 4.79 Å². The SMILES string of the molecule is CCOC(=O)CC1(N=C(c2ccccc2)c2ccccc2)CC1. The highest BCUT2D eigenvalue weighted by atomic mass is 16.5. The van der Waals surface area contributed by atoms with E-state index < -0.39 is 0 Å². The van der Waals surface area contributed by atoms with Crippen LogP contribution in [-0.4, -0.2) is 23.8 Å². The lowest BCUT2D eigenvalue weighted by molar-refractivity contribution is -0.143. The minimum atomic E-state index is -0.284. The fraction of sp³-hybridized carbons (Fsp3) is 0.300. The third kappa shape index (κ3) is 3.86.